The molecule has 1 saturated heterocycles. The topological polar surface area (TPSA) is 40.6 Å². The number of rotatable bonds is 4. The smallest absolute Gasteiger partial charge is 0.304 e. The van der Waals surface area contributed by atoms with Crippen LogP contribution in [0, 0.1) is 0 Å². The Morgan fingerprint density at radius 2 is 1.60 bits per heavy atom. The summed E-state index contributed by atoms with van der Waals surface area (Å²) in [4.78, 5) is 21.3. The van der Waals surface area contributed by atoms with Crippen LogP contribution in [-0.2, 0) is 9.59 Å². The summed E-state index contributed by atoms with van der Waals surface area (Å²) in [6.45, 7) is 8.66. The SMILES string of the molecule is CCCCCN1CCN(C)CC1.O=C=O. The summed E-state index contributed by atoms with van der Waals surface area (Å²) in [6, 6.07) is 0. The molecule has 0 aromatic rings. The van der Waals surface area contributed by atoms with Gasteiger partial charge in [-0.15, -0.1) is 0 Å². The minimum Gasteiger partial charge on any atom is -0.304 e. The van der Waals surface area contributed by atoms with Crippen LogP contribution in [-0.4, -0.2) is 55.7 Å². The summed E-state index contributed by atoms with van der Waals surface area (Å²) in [5, 5.41) is 0. The zero-order valence-corrected chi connectivity index (χ0v) is 9.87. The fraction of sp³-hybridized carbons (Fsp3) is 0.909. The van der Waals surface area contributed by atoms with E-state index in [0.29, 0.717) is 0 Å². The molecule has 4 heteroatoms. The van der Waals surface area contributed by atoms with Crippen molar-refractivity contribution >= 4 is 6.15 Å². The normalized spacial score (nSPS) is 17.7. The average molecular weight is 214 g/mol. The van der Waals surface area contributed by atoms with Crippen molar-refractivity contribution < 1.29 is 9.59 Å². The molecule has 1 fully saturated rings. The second-order valence-electron chi connectivity index (χ2n) is 3.94. The van der Waals surface area contributed by atoms with E-state index < -0.39 is 0 Å². The molecule has 0 bridgehead atoms. The summed E-state index contributed by atoms with van der Waals surface area (Å²) in [7, 11) is 2.21. The molecule has 1 aliphatic rings. The molecule has 0 atom stereocenters. The maximum Gasteiger partial charge on any atom is 0.373 e. The van der Waals surface area contributed by atoms with E-state index in [1.807, 2.05) is 0 Å². The second kappa shape index (κ2) is 9.84. The van der Waals surface area contributed by atoms with Crippen LogP contribution in [0.1, 0.15) is 26.2 Å². The monoisotopic (exact) mass is 214 g/mol. The van der Waals surface area contributed by atoms with Gasteiger partial charge in [0.1, 0.15) is 0 Å². The number of hydrogen-bond acceptors (Lipinski definition) is 4. The van der Waals surface area contributed by atoms with Gasteiger partial charge in [-0.1, -0.05) is 19.8 Å². The maximum atomic E-state index is 8.12. The van der Waals surface area contributed by atoms with Crippen molar-refractivity contribution in [1.82, 2.24) is 9.80 Å². The molecule has 0 aromatic carbocycles. The molecule has 0 spiro atoms. The van der Waals surface area contributed by atoms with E-state index in [1.165, 1.54) is 52.0 Å². The van der Waals surface area contributed by atoms with Crippen LogP contribution in [0.2, 0.25) is 0 Å². The van der Waals surface area contributed by atoms with E-state index in [4.69, 9.17) is 9.59 Å². The number of piperazine rings is 1. The predicted octanol–water partition coefficient (Wildman–Crippen LogP) is 0.840. The number of unbranched alkanes of at least 4 members (excludes halogenated alkanes) is 2. The Hall–Kier alpha value is -0.700. The van der Waals surface area contributed by atoms with Crippen molar-refractivity contribution in [3.05, 3.63) is 0 Å². The molecule has 0 aromatic heterocycles. The van der Waals surface area contributed by atoms with Crippen LogP contribution >= 0.6 is 0 Å². The molecule has 0 radical (unpaired) electrons. The molecule has 1 heterocycles. The van der Waals surface area contributed by atoms with Crippen LogP contribution in [0.3, 0.4) is 0 Å². The van der Waals surface area contributed by atoms with Crippen LogP contribution in [0.4, 0.5) is 0 Å². The fourth-order valence-corrected chi connectivity index (χ4v) is 1.66. The Balaban J connectivity index is 0.000000583. The molecule has 0 N–H and O–H groups in total. The first-order valence-corrected chi connectivity index (χ1v) is 5.64. The molecular weight excluding hydrogens is 192 g/mol. The predicted molar refractivity (Wildman–Crippen MR) is 58.5 cm³/mol. The van der Waals surface area contributed by atoms with Crippen molar-refractivity contribution in [2.24, 2.45) is 0 Å². The van der Waals surface area contributed by atoms with Crippen molar-refractivity contribution in [3.8, 4) is 0 Å². The number of likely N-dealkylation sites (N-methyl/N-ethyl adjacent to an activating group) is 1. The lowest BCUT2D eigenvalue weighted by molar-refractivity contribution is -0.191. The molecule has 0 amide bonds. The first kappa shape index (κ1) is 14.3. The quantitative estimate of drug-likeness (QED) is 0.650. The van der Waals surface area contributed by atoms with Gasteiger partial charge in [-0.3, -0.25) is 0 Å². The molecule has 0 aliphatic carbocycles. The standard InChI is InChI=1S/C10H22N2.CO2/c1-3-4-5-6-12-9-7-11(2)8-10-12;2-1-3/h3-10H2,1-2H3;. The lowest BCUT2D eigenvalue weighted by atomic mass is 10.2. The highest BCUT2D eigenvalue weighted by Gasteiger charge is 2.12. The van der Waals surface area contributed by atoms with E-state index >= 15 is 0 Å². The maximum absolute atomic E-state index is 8.12. The van der Waals surface area contributed by atoms with E-state index in [0.717, 1.165) is 0 Å². The highest BCUT2D eigenvalue weighted by molar-refractivity contribution is 5.20. The minimum absolute atomic E-state index is 0.250. The van der Waals surface area contributed by atoms with Crippen LogP contribution in [0.5, 0.6) is 0 Å². The van der Waals surface area contributed by atoms with Gasteiger partial charge in [-0.2, -0.15) is 9.59 Å². The number of nitrogens with zero attached hydrogens (tertiary/aromatic N) is 2. The number of hydrogen-bond donors (Lipinski definition) is 0. The molecule has 88 valence electrons. The Kier molecular flexibility index (Phi) is 9.38. The van der Waals surface area contributed by atoms with Gasteiger partial charge < -0.3 is 9.80 Å². The van der Waals surface area contributed by atoms with Gasteiger partial charge in [0, 0.05) is 26.2 Å². The average Bonchev–Trinajstić information content (AvgIpc) is 2.23. The Morgan fingerprint density at radius 1 is 1.07 bits per heavy atom. The second-order valence-corrected chi connectivity index (χ2v) is 3.94. The lowest BCUT2D eigenvalue weighted by Gasteiger charge is -2.32. The summed E-state index contributed by atoms with van der Waals surface area (Å²) in [5.41, 5.74) is 0. The van der Waals surface area contributed by atoms with E-state index in [1.54, 1.807) is 0 Å². The third-order valence-electron chi connectivity index (χ3n) is 2.67. The van der Waals surface area contributed by atoms with Gasteiger partial charge in [-0.25, -0.2) is 0 Å². The van der Waals surface area contributed by atoms with E-state index in [-0.39, 0.29) is 6.15 Å². The van der Waals surface area contributed by atoms with Gasteiger partial charge in [0.15, 0.2) is 0 Å². The highest BCUT2D eigenvalue weighted by atomic mass is 16.2. The van der Waals surface area contributed by atoms with Crippen LogP contribution < -0.4 is 0 Å². The third kappa shape index (κ3) is 8.30. The molecule has 0 unspecified atom stereocenters. The van der Waals surface area contributed by atoms with Crippen molar-refractivity contribution in [2.45, 2.75) is 26.2 Å². The molecule has 1 rings (SSSR count). The fourth-order valence-electron chi connectivity index (χ4n) is 1.66. The van der Waals surface area contributed by atoms with Gasteiger partial charge in [0.2, 0.25) is 0 Å². The van der Waals surface area contributed by atoms with Crippen molar-refractivity contribution in [3.63, 3.8) is 0 Å². The highest BCUT2D eigenvalue weighted by Crippen LogP contribution is 2.02. The van der Waals surface area contributed by atoms with E-state index in [2.05, 4.69) is 23.8 Å². The Labute approximate surface area is 92.2 Å². The summed E-state index contributed by atoms with van der Waals surface area (Å²) >= 11 is 0. The summed E-state index contributed by atoms with van der Waals surface area (Å²) < 4.78 is 0. The van der Waals surface area contributed by atoms with Crippen LogP contribution in [0.15, 0.2) is 0 Å². The van der Waals surface area contributed by atoms with E-state index in [9.17, 15) is 0 Å². The lowest BCUT2D eigenvalue weighted by Crippen LogP contribution is -2.44. The zero-order valence-electron chi connectivity index (χ0n) is 9.87. The van der Waals surface area contributed by atoms with Gasteiger partial charge in [0.05, 0.1) is 0 Å². The first-order valence-electron chi connectivity index (χ1n) is 5.64. The number of carbonyl (C=O) groups excluding carboxylic acids is 2. The largest absolute Gasteiger partial charge is 0.373 e. The molecule has 0 saturated carbocycles. The first-order chi connectivity index (χ1) is 7.24. The van der Waals surface area contributed by atoms with Gasteiger partial charge in [0.25, 0.3) is 0 Å². The Morgan fingerprint density at radius 3 is 2.07 bits per heavy atom. The van der Waals surface area contributed by atoms with Gasteiger partial charge >= 0.3 is 6.15 Å². The molecule has 15 heavy (non-hydrogen) atoms. The molecular formula is C11H22N2O2. The minimum atomic E-state index is 0.250. The van der Waals surface area contributed by atoms with Crippen molar-refractivity contribution in [2.75, 3.05) is 39.8 Å². The third-order valence-corrected chi connectivity index (χ3v) is 2.67. The summed E-state index contributed by atoms with van der Waals surface area (Å²) in [5.74, 6) is 0. The molecule has 4 nitrogen and oxygen atoms in total. The summed E-state index contributed by atoms with van der Waals surface area (Å²) in [6.07, 6.45) is 4.38. The van der Waals surface area contributed by atoms with Crippen molar-refractivity contribution in [1.29, 1.82) is 0 Å². The van der Waals surface area contributed by atoms with Crippen LogP contribution in [0.25, 0.3) is 0 Å². The van der Waals surface area contributed by atoms with Gasteiger partial charge in [-0.05, 0) is 20.0 Å². The Bertz CT molecular complexity index is 171. The molecule has 1 aliphatic heterocycles. The zero-order chi connectivity index (χ0) is 11.5.